The van der Waals surface area contributed by atoms with Gasteiger partial charge in [0.05, 0.1) is 11.8 Å². The van der Waals surface area contributed by atoms with Crippen LogP contribution in [0.4, 0.5) is 0 Å². The maximum atomic E-state index is 12.1. The zero-order valence-corrected chi connectivity index (χ0v) is 9.82. The molecule has 0 radical (unpaired) electrons. The first-order valence-electron chi connectivity index (χ1n) is 5.76. The third-order valence-electron chi connectivity index (χ3n) is 4.79. The molecular formula is C11H13N2O2P. The Balaban J connectivity index is 1.81. The summed E-state index contributed by atoms with van der Waals surface area (Å²) in [7, 11) is 2.24. The van der Waals surface area contributed by atoms with E-state index in [0.717, 1.165) is 0 Å². The maximum Gasteiger partial charge on any atom is 0.248 e. The molecule has 4 aliphatic carbocycles. The largest absolute Gasteiger partial charge is 0.273 e. The van der Waals surface area contributed by atoms with Gasteiger partial charge in [-0.1, -0.05) is 12.2 Å². The summed E-state index contributed by atoms with van der Waals surface area (Å²) in [5.41, 5.74) is 0. The Labute approximate surface area is 95.7 Å². The van der Waals surface area contributed by atoms with Crippen LogP contribution in [0.2, 0.25) is 0 Å². The summed E-state index contributed by atoms with van der Waals surface area (Å²) in [5.74, 6) is 1.76. The van der Waals surface area contributed by atoms with E-state index in [9.17, 15) is 9.59 Å². The minimum atomic E-state index is -0.0840. The van der Waals surface area contributed by atoms with Crippen molar-refractivity contribution in [3.63, 3.8) is 0 Å². The van der Waals surface area contributed by atoms with Crippen LogP contribution in [0.15, 0.2) is 12.2 Å². The number of nitrogens with one attached hydrogen (secondary N) is 1. The highest BCUT2D eigenvalue weighted by molar-refractivity contribution is 7.13. The molecule has 1 heterocycles. The van der Waals surface area contributed by atoms with Crippen LogP contribution in [-0.2, 0) is 9.59 Å². The van der Waals surface area contributed by atoms with Crippen molar-refractivity contribution in [2.24, 2.45) is 35.5 Å². The minimum absolute atomic E-state index is 0.0327. The highest BCUT2D eigenvalue weighted by atomic mass is 31.0. The average molecular weight is 236 g/mol. The molecule has 2 bridgehead atoms. The smallest absolute Gasteiger partial charge is 0.248 e. The van der Waals surface area contributed by atoms with Crippen molar-refractivity contribution in [3.8, 4) is 0 Å². The highest BCUT2D eigenvalue weighted by Crippen LogP contribution is 2.65. The van der Waals surface area contributed by atoms with E-state index in [1.54, 1.807) is 0 Å². The van der Waals surface area contributed by atoms with Crippen molar-refractivity contribution in [3.05, 3.63) is 12.2 Å². The molecule has 3 unspecified atom stereocenters. The van der Waals surface area contributed by atoms with Crippen LogP contribution < -0.4 is 5.20 Å². The molecule has 7 atom stereocenters. The topological polar surface area (TPSA) is 49.4 Å². The molecule has 16 heavy (non-hydrogen) atoms. The van der Waals surface area contributed by atoms with Crippen molar-refractivity contribution in [2.45, 2.75) is 6.42 Å². The number of nitrogens with zero attached hydrogens (tertiary/aromatic N) is 1. The van der Waals surface area contributed by atoms with Crippen molar-refractivity contribution in [1.82, 2.24) is 10.2 Å². The Morgan fingerprint density at radius 1 is 1.12 bits per heavy atom. The Morgan fingerprint density at radius 2 is 1.62 bits per heavy atom. The van der Waals surface area contributed by atoms with Gasteiger partial charge < -0.3 is 0 Å². The van der Waals surface area contributed by atoms with E-state index in [2.05, 4.69) is 26.7 Å². The fourth-order valence-corrected chi connectivity index (χ4v) is 4.34. The van der Waals surface area contributed by atoms with Gasteiger partial charge >= 0.3 is 0 Å². The summed E-state index contributed by atoms with van der Waals surface area (Å²) in [4.78, 5) is 24.3. The summed E-state index contributed by atoms with van der Waals surface area (Å²) in [6.45, 7) is 0. The molecule has 5 heteroatoms. The average Bonchev–Trinajstić information content (AvgIpc) is 3.05. The lowest BCUT2D eigenvalue weighted by atomic mass is 9.63. The number of amides is 2. The first-order chi connectivity index (χ1) is 7.74. The summed E-state index contributed by atoms with van der Waals surface area (Å²) in [6.07, 6.45) is 5.57. The van der Waals surface area contributed by atoms with Gasteiger partial charge in [-0.3, -0.25) is 9.59 Å². The van der Waals surface area contributed by atoms with E-state index >= 15 is 0 Å². The van der Waals surface area contributed by atoms with E-state index in [-0.39, 0.29) is 23.7 Å². The molecule has 5 rings (SSSR count). The van der Waals surface area contributed by atoms with Crippen LogP contribution in [0.5, 0.6) is 0 Å². The molecule has 5 aliphatic rings. The van der Waals surface area contributed by atoms with Crippen molar-refractivity contribution >= 4 is 21.2 Å². The lowest BCUT2D eigenvalue weighted by molar-refractivity contribution is -0.141. The lowest BCUT2D eigenvalue weighted by Crippen LogP contribution is -2.40. The van der Waals surface area contributed by atoms with Crippen LogP contribution >= 0.6 is 9.39 Å². The predicted octanol–water partition coefficient (Wildman–Crippen LogP) is 0.334. The van der Waals surface area contributed by atoms with Gasteiger partial charge in [-0.2, -0.15) is 0 Å². The number of allylic oxidation sites excluding steroid dienone is 2. The zero-order chi connectivity index (χ0) is 11.0. The monoisotopic (exact) mass is 236 g/mol. The number of imide groups is 1. The van der Waals surface area contributed by atoms with Crippen molar-refractivity contribution < 1.29 is 9.59 Å². The second kappa shape index (κ2) is 2.74. The van der Waals surface area contributed by atoms with Gasteiger partial charge in [0.15, 0.2) is 0 Å². The van der Waals surface area contributed by atoms with Gasteiger partial charge in [0.2, 0.25) is 11.8 Å². The summed E-state index contributed by atoms with van der Waals surface area (Å²) >= 11 is 0. The molecule has 0 aromatic rings. The number of carbonyl (C=O) groups is 2. The molecule has 1 saturated heterocycles. The summed E-state index contributed by atoms with van der Waals surface area (Å²) in [6, 6.07) is 0. The zero-order valence-electron chi connectivity index (χ0n) is 8.67. The molecule has 2 saturated carbocycles. The number of carbonyl (C=O) groups excluding carboxylic acids is 2. The fourth-order valence-electron chi connectivity index (χ4n) is 4.08. The van der Waals surface area contributed by atoms with Crippen molar-refractivity contribution in [1.29, 1.82) is 0 Å². The third-order valence-corrected chi connectivity index (χ3v) is 5.05. The second-order valence-corrected chi connectivity index (χ2v) is 5.55. The fraction of sp³-hybridized carbons (Fsp3) is 0.636. The SMILES string of the molecule is O=C1[C@@H]2C3C=CC([C@H]4C[C@@H]34)[C@@H]2C(=O)N1NP. The van der Waals surface area contributed by atoms with Gasteiger partial charge in [0, 0.05) is 0 Å². The van der Waals surface area contributed by atoms with Crippen LogP contribution in [0, 0.1) is 35.5 Å². The molecule has 0 aromatic carbocycles. The molecule has 1 aliphatic heterocycles. The van der Waals surface area contributed by atoms with Crippen LogP contribution in [0.3, 0.4) is 0 Å². The molecule has 3 fully saturated rings. The molecule has 2 amide bonds. The van der Waals surface area contributed by atoms with Gasteiger partial charge in [-0.05, 0) is 39.5 Å². The molecule has 4 nitrogen and oxygen atoms in total. The quantitative estimate of drug-likeness (QED) is 0.405. The second-order valence-electron chi connectivity index (χ2n) is 5.30. The molecular weight excluding hydrogens is 223 g/mol. The summed E-state index contributed by atoms with van der Waals surface area (Å²) in [5, 5.41) is 3.83. The standard InChI is InChI=1S/C11H13N2O2P/c14-10-8-4-1-2-5(7-3-6(4)7)9(8)11(15)13(10)12-16/h1-2,4-9,12H,3,16H2/t4?,5?,6-,7+,8+,9-. The van der Waals surface area contributed by atoms with Crippen LogP contribution in [-0.4, -0.2) is 16.8 Å². The number of hydrogen-bond acceptors (Lipinski definition) is 3. The first kappa shape index (κ1) is 9.32. The molecule has 0 spiro atoms. The first-order valence-corrected chi connectivity index (χ1v) is 6.34. The Bertz CT molecular complexity index is 400. The Kier molecular flexibility index (Phi) is 1.60. The highest BCUT2D eigenvalue weighted by Gasteiger charge is 2.67. The van der Waals surface area contributed by atoms with E-state index in [0.29, 0.717) is 23.7 Å². The van der Waals surface area contributed by atoms with Crippen molar-refractivity contribution in [2.75, 3.05) is 0 Å². The normalized spacial score (nSPS) is 51.9. The number of hydrogen-bond donors (Lipinski definition) is 1. The van der Waals surface area contributed by atoms with Gasteiger partial charge in [-0.25, -0.2) is 10.2 Å². The Morgan fingerprint density at radius 3 is 2.06 bits per heavy atom. The third kappa shape index (κ3) is 0.857. The Hall–Kier alpha value is -0.730. The molecule has 84 valence electrons. The van der Waals surface area contributed by atoms with Crippen LogP contribution in [0.1, 0.15) is 6.42 Å². The van der Waals surface area contributed by atoms with Gasteiger partial charge in [0.1, 0.15) is 0 Å². The molecule has 1 N–H and O–H groups in total. The van der Waals surface area contributed by atoms with Gasteiger partial charge in [0.25, 0.3) is 0 Å². The van der Waals surface area contributed by atoms with E-state index in [1.165, 1.54) is 11.4 Å². The number of rotatable bonds is 1. The van der Waals surface area contributed by atoms with E-state index < -0.39 is 0 Å². The van der Waals surface area contributed by atoms with E-state index in [4.69, 9.17) is 0 Å². The van der Waals surface area contributed by atoms with E-state index in [1.807, 2.05) is 0 Å². The number of hydrazine groups is 1. The minimum Gasteiger partial charge on any atom is -0.273 e. The maximum absolute atomic E-state index is 12.1. The predicted molar refractivity (Wildman–Crippen MR) is 59.4 cm³/mol. The molecule has 0 aromatic heterocycles. The summed E-state index contributed by atoms with van der Waals surface area (Å²) < 4.78 is 0. The van der Waals surface area contributed by atoms with Crippen LogP contribution in [0.25, 0.3) is 0 Å². The van der Waals surface area contributed by atoms with Gasteiger partial charge in [-0.15, -0.1) is 0 Å². The lowest BCUT2D eigenvalue weighted by Gasteiger charge is -2.37.